The molecular weight excluding hydrogens is 372 g/mol. The van der Waals surface area contributed by atoms with Crippen LogP contribution in [0, 0.1) is 0 Å². The second-order valence-corrected chi connectivity index (χ2v) is 7.56. The van der Waals surface area contributed by atoms with E-state index in [9.17, 15) is 13.2 Å². The number of nitrogens with one attached hydrogen (secondary N) is 2. The third-order valence-corrected chi connectivity index (χ3v) is 5.35. The number of ether oxygens (including phenoxy) is 3. The molecule has 9 heteroatoms. The van der Waals surface area contributed by atoms with E-state index in [0.717, 1.165) is 5.56 Å². The second kappa shape index (κ2) is 8.38. The molecule has 144 valence electrons. The molecule has 0 saturated heterocycles. The van der Waals surface area contributed by atoms with E-state index in [4.69, 9.17) is 14.2 Å². The molecule has 2 N–H and O–H groups in total. The quantitative estimate of drug-likeness (QED) is 0.656. The summed E-state index contributed by atoms with van der Waals surface area (Å²) in [5.41, 5.74) is 1.10. The smallest absolute Gasteiger partial charge is 0.251 e. The molecule has 1 amide bonds. The van der Waals surface area contributed by atoms with Gasteiger partial charge in [0.1, 0.15) is 0 Å². The number of carbonyl (C=O) groups is 1. The molecule has 1 heterocycles. The summed E-state index contributed by atoms with van der Waals surface area (Å²) in [5.74, 6) is 0.933. The molecule has 0 bridgehead atoms. The Bertz CT molecular complexity index is 929. The van der Waals surface area contributed by atoms with E-state index < -0.39 is 10.0 Å². The highest BCUT2D eigenvalue weighted by Crippen LogP contribution is 2.32. The van der Waals surface area contributed by atoms with Crippen molar-refractivity contribution < 1.29 is 27.4 Å². The molecule has 0 atom stereocenters. The lowest BCUT2D eigenvalue weighted by molar-refractivity contribution is 0.0950. The Balaban J connectivity index is 1.65. The zero-order valence-electron chi connectivity index (χ0n) is 14.7. The predicted molar refractivity (Wildman–Crippen MR) is 97.2 cm³/mol. The Morgan fingerprint density at radius 1 is 1.15 bits per heavy atom. The summed E-state index contributed by atoms with van der Waals surface area (Å²) < 4.78 is 42.3. The summed E-state index contributed by atoms with van der Waals surface area (Å²) in [6, 6.07) is 11.3. The number of carbonyl (C=O) groups excluding carboxylic acids is 1. The van der Waals surface area contributed by atoms with Crippen molar-refractivity contribution in [2.45, 2.75) is 11.4 Å². The number of hydrogen-bond acceptors (Lipinski definition) is 6. The van der Waals surface area contributed by atoms with Gasteiger partial charge in [-0.05, 0) is 35.9 Å². The summed E-state index contributed by atoms with van der Waals surface area (Å²) in [6.07, 6.45) is 0. The minimum Gasteiger partial charge on any atom is -0.454 e. The summed E-state index contributed by atoms with van der Waals surface area (Å²) in [4.78, 5) is 12.4. The Kier molecular flexibility index (Phi) is 5.94. The first-order chi connectivity index (χ1) is 13.0. The Morgan fingerprint density at radius 2 is 1.96 bits per heavy atom. The van der Waals surface area contributed by atoms with Gasteiger partial charge in [-0.25, -0.2) is 13.1 Å². The average Bonchev–Trinajstić information content (AvgIpc) is 3.14. The highest BCUT2D eigenvalue weighted by molar-refractivity contribution is 7.89. The molecule has 8 nitrogen and oxygen atoms in total. The number of fused-ring (bicyclic) bond motifs is 1. The van der Waals surface area contributed by atoms with E-state index in [1.165, 1.54) is 25.3 Å². The van der Waals surface area contributed by atoms with Crippen LogP contribution < -0.4 is 19.5 Å². The van der Waals surface area contributed by atoms with Crippen molar-refractivity contribution in [1.82, 2.24) is 10.0 Å². The zero-order chi connectivity index (χ0) is 19.3. The van der Waals surface area contributed by atoms with Gasteiger partial charge in [0.25, 0.3) is 5.91 Å². The molecule has 0 aromatic heterocycles. The van der Waals surface area contributed by atoms with Gasteiger partial charge < -0.3 is 19.5 Å². The fourth-order valence-electron chi connectivity index (χ4n) is 2.50. The highest BCUT2D eigenvalue weighted by Gasteiger charge is 2.17. The van der Waals surface area contributed by atoms with Crippen LogP contribution in [0.3, 0.4) is 0 Å². The molecule has 0 radical (unpaired) electrons. The van der Waals surface area contributed by atoms with Crippen LogP contribution in [0.1, 0.15) is 15.9 Å². The van der Waals surface area contributed by atoms with Gasteiger partial charge in [0.2, 0.25) is 16.8 Å². The summed E-state index contributed by atoms with van der Waals surface area (Å²) in [6.45, 7) is 0.873. The number of benzene rings is 2. The number of sulfonamides is 1. The Labute approximate surface area is 157 Å². The summed E-state index contributed by atoms with van der Waals surface area (Å²) in [7, 11) is -2.22. The van der Waals surface area contributed by atoms with E-state index in [1.54, 1.807) is 18.2 Å². The van der Waals surface area contributed by atoms with E-state index in [-0.39, 0.29) is 42.9 Å². The summed E-state index contributed by atoms with van der Waals surface area (Å²) in [5, 5.41) is 2.77. The van der Waals surface area contributed by atoms with Gasteiger partial charge in [0.05, 0.1) is 11.5 Å². The van der Waals surface area contributed by atoms with Crippen molar-refractivity contribution in [3.63, 3.8) is 0 Å². The van der Waals surface area contributed by atoms with Gasteiger partial charge in [-0.15, -0.1) is 0 Å². The molecule has 0 unspecified atom stereocenters. The maximum absolute atomic E-state index is 12.4. The van der Waals surface area contributed by atoms with Crippen molar-refractivity contribution in [3.8, 4) is 11.5 Å². The lowest BCUT2D eigenvalue weighted by Gasteiger charge is -2.09. The first-order valence-electron chi connectivity index (χ1n) is 8.25. The van der Waals surface area contributed by atoms with Gasteiger partial charge in [-0.2, -0.15) is 0 Å². The van der Waals surface area contributed by atoms with Gasteiger partial charge in [0, 0.05) is 25.8 Å². The largest absolute Gasteiger partial charge is 0.454 e. The molecule has 0 fully saturated rings. The lowest BCUT2D eigenvalue weighted by Crippen LogP contribution is -2.28. The lowest BCUT2D eigenvalue weighted by atomic mass is 10.2. The molecule has 2 aromatic rings. The molecule has 0 saturated carbocycles. The Morgan fingerprint density at radius 3 is 2.78 bits per heavy atom. The van der Waals surface area contributed by atoms with Crippen LogP contribution >= 0.6 is 0 Å². The van der Waals surface area contributed by atoms with E-state index in [2.05, 4.69) is 10.0 Å². The number of methoxy groups -OCH3 is 1. The molecule has 27 heavy (non-hydrogen) atoms. The summed E-state index contributed by atoms with van der Waals surface area (Å²) >= 11 is 0. The third kappa shape index (κ3) is 4.76. The van der Waals surface area contributed by atoms with Gasteiger partial charge in [-0.3, -0.25) is 4.79 Å². The minimum absolute atomic E-state index is 0.0225. The second-order valence-electron chi connectivity index (χ2n) is 5.79. The van der Waals surface area contributed by atoms with Gasteiger partial charge >= 0.3 is 0 Å². The average molecular weight is 392 g/mol. The molecule has 1 aliphatic rings. The fourth-order valence-corrected chi connectivity index (χ4v) is 3.56. The zero-order valence-corrected chi connectivity index (χ0v) is 15.5. The maximum Gasteiger partial charge on any atom is 0.251 e. The fraction of sp³-hybridized carbons (Fsp3) is 0.278. The maximum atomic E-state index is 12.4. The molecule has 0 spiro atoms. The number of hydrogen-bond donors (Lipinski definition) is 2. The van der Waals surface area contributed by atoms with Crippen LogP contribution in [0.2, 0.25) is 0 Å². The van der Waals surface area contributed by atoms with Gasteiger partial charge in [-0.1, -0.05) is 12.1 Å². The van der Waals surface area contributed by atoms with Crippen molar-refractivity contribution in [2.24, 2.45) is 0 Å². The first kappa shape index (κ1) is 19.2. The van der Waals surface area contributed by atoms with Crippen LogP contribution in [-0.4, -0.2) is 41.4 Å². The van der Waals surface area contributed by atoms with E-state index in [0.29, 0.717) is 11.5 Å². The molecule has 0 aliphatic carbocycles. The molecule has 1 aliphatic heterocycles. The van der Waals surface area contributed by atoms with Crippen molar-refractivity contribution in [1.29, 1.82) is 0 Å². The minimum atomic E-state index is -3.70. The van der Waals surface area contributed by atoms with Crippen molar-refractivity contribution in [3.05, 3.63) is 53.6 Å². The van der Waals surface area contributed by atoms with E-state index >= 15 is 0 Å². The SMILES string of the molecule is COCCNS(=O)(=O)c1cccc(C(=O)NCc2ccc3c(c2)OCO3)c1. The third-order valence-electron chi connectivity index (χ3n) is 3.89. The van der Waals surface area contributed by atoms with Crippen LogP contribution in [0.15, 0.2) is 47.4 Å². The topological polar surface area (TPSA) is 103 Å². The van der Waals surface area contributed by atoms with Crippen LogP contribution in [0.5, 0.6) is 11.5 Å². The Hall–Kier alpha value is -2.62. The molecule has 2 aromatic carbocycles. The monoisotopic (exact) mass is 392 g/mol. The van der Waals surface area contributed by atoms with Crippen molar-refractivity contribution >= 4 is 15.9 Å². The van der Waals surface area contributed by atoms with Crippen LogP contribution in [0.25, 0.3) is 0 Å². The standard InChI is InChI=1S/C18H20N2O6S/c1-24-8-7-20-27(22,23)15-4-2-3-14(10-15)18(21)19-11-13-5-6-16-17(9-13)26-12-25-16/h2-6,9-10,20H,7-8,11-12H2,1H3,(H,19,21). The highest BCUT2D eigenvalue weighted by atomic mass is 32.2. The van der Waals surface area contributed by atoms with Crippen LogP contribution in [0.4, 0.5) is 0 Å². The molecular formula is C18H20N2O6S. The van der Waals surface area contributed by atoms with Gasteiger partial charge in [0.15, 0.2) is 11.5 Å². The number of amides is 1. The van der Waals surface area contributed by atoms with Crippen molar-refractivity contribution in [2.75, 3.05) is 27.1 Å². The number of rotatable bonds is 8. The van der Waals surface area contributed by atoms with E-state index in [1.807, 2.05) is 6.07 Å². The van der Waals surface area contributed by atoms with Crippen LogP contribution in [-0.2, 0) is 21.3 Å². The normalized spacial score (nSPS) is 12.8. The molecule has 3 rings (SSSR count). The first-order valence-corrected chi connectivity index (χ1v) is 9.73. The predicted octanol–water partition coefficient (Wildman–Crippen LogP) is 1.27.